The van der Waals surface area contributed by atoms with Gasteiger partial charge < -0.3 is 9.80 Å². The lowest BCUT2D eigenvalue weighted by Gasteiger charge is -2.36. The molecule has 1 aromatic carbocycles. The van der Waals surface area contributed by atoms with Crippen LogP contribution in [0.1, 0.15) is 0 Å². The Morgan fingerprint density at radius 3 is 2.36 bits per heavy atom. The minimum Gasteiger partial charge on any atom is -0.368 e. The highest BCUT2D eigenvalue weighted by atomic mass is 35.5. The summed E-state index contributed by atoms with van der Waals surface area (Å²) in [5.41, 5.74) is 2.79. The molecule has 0 spiro atoms. The fraction of sp³-hybridized carbons (Fsp3) is 0.312. The highest BCUT2D eigenvalue weighted by molar-refractivity contribution is 6.30. The zero-order chi connectivity index (χ0) is 17.8. The summed E-state index contributed by atoms with van der Waals surface area (Å²) in [6.45, 7) is 2.97. The van der Waals surface area contributed by atoms with Crippen LogP contribution in [0.3, 0.4) is 0 Å². The number of hydrogen-bond acceptors (Lipinski definition) is 6. The predicted molar refractivity (Wildman–Crippen MR) is 96.7 cm³/mol. The third-order valence-corrected chi connectivity index (χ3v) is 4.35. The van der Waals surface area contributed by atoms with Crippen molar-refractivity contribution in [3.8, 4) is 0 Å². The number of anilines is 2. The zero-order valence-electron chi connectivity index (χ0n) is 13.6. The number of amides is 1. The Kier molecular flexibility index (Phi) is 5.20. The SMILES string of the molecule is NNC(=O)Cn1nc(N2CCN(c3ccc(Cl)cc3)CC2)ccc1=O. The van der Waals surface area contributed by atoms with Crippen molar-refractivity contribution >= 4 is 29.0 Å². The van der Waals surface area contributed by atoms with Crippen molar-refractivity contribution in [1.29, 1.82) is 0 Å². The highest BCUT2D eigenvalue weighted by Crippen LogP contribution is 2.20. The van der Waals surface area contributed by atoms with Gasteiger partial charge in [-0.25, -0.2) is 10.5 Å². The molecule has 2 heterocycles. The molecule has 25 heavy (non-hydrogen) atoms. The number of benzene rings is 1. The number of hydrazine groups is 1. The molecule has 0 radical (unpaired) electrons. The van der Waals surface area contributed by atoms with E-state index in [2.05, 4.69) is 14.9 Å². The third-order valence-electron chi connectivity index (χ3n) is 4.10. The fourth-order valence-corrected chi connectivity index (χ4v) is 2.87. The molecule has 1 amide bonds. The molecule has 0 atom stereocenters. The first-order chi connectivity index (χ1) is 12.1. The van der Waals surface area contributed by atoms with Gasteiger partial charge in [0, 0.05) is 43.0 Å². The molecule has 132 valence electrons. The Bertz CT molecular complexity index is 799. The normalized spacial score (nSPS) is 14.5. The number of nitrogens with two attached hydrogens (primary N) is 1. The molecule has 1 aliphatic rings. The maximum Gasteiger partial charge on any atom is 0.267 e. The topological polar surface area (TPSA) is 96.5 Å². The molecule has 1 fully saturated rings. The minimum atomic E-state index is -0.473. The van der Waals surface area contributed by atoms with Crippen LogP contribution in [-0.4, -0.2) is 41.9 Å². The molecule has 3 N–H and O–H groups in total. The maximum atomic E-state index is 11.8. The van der Waals surface area contributed by atoms with Crippen molar-refractivity contribution in [2.24, 2.45) is 5.84 Å². The summed E-state index contributed by atoms with van der Waals surface area (Å²) in [5.74, 6) is 5.26. The number of carbonyl (C=O) groups is 1. The smallest absolute Gasteiger partial charge is 0.267 e. The van der Waals surface area contributed by atoms with Gasteiger partial charge in [0.25, 0.3) is 11.5 Å². The van der Waals surface area contributed by atoms with Crippen LogP contribution in [0.2, 0.25) is 5.02 Å². The van der Waals surface area contributed by atoms with Gasteiger partial charge in [-0.1, -0.05) is 11.6 Å². The molecule has 0 unspecified atom stereocenters. The van der Waals surface area contributed by atoms with Gasteiger partial charge in [-0.2, -0.15) is 5.10 Å². The van der Waals surface area contributed by atoms with Crippen molar-refractivity contribution in [1.82, 2.24) is 15.2 Å². The lowest BCUT2D eigenvalue weighted by molar-refractivity contribution is -0.121. The predicted octanol–water partition coefficient (Wildman–Crippen LogP) is 0.213. The van der Waals surface area contributed by atoms with Crippen LogP contribution in [0.4, 0.5) is 11.5 Å². The molecule has 3 rings (SSSR count). The van der Waals surface area contributed by atoms with E-state index in [4.69, 9.17) is 17.4 Å². The number of hydrogen-bond donors (Lipinski definition) is 2. The van der Waals surface area contributed by atoms with Gasteiger partial charge >= 0.3 is 0 Å². The first kappa shape index (κ1) is 17.2. The summed E-state index contributed by atoms with van der Waals surface area (Å²) in [6, 6.07) is 10.9. The monoisotopic (exact) mass is 362 g/mol. The number of nitrogens with zero attached hydrogens (tertiary/aromatic N) is 4. The van der Waals surface area contributed by atoms with Crippen LogP contribution in [0.5, 0.6) is 0 Å². The summed E-state index contributed by atoms with van der Waals surface area (Å²) in [5, 5.41) is 4.99. The van der Waals surface area contributed by atoms with Crippen molar-refractivity contribution in [3.05, 3.63) is 51.8 Å². The molecule has 0 aliphatic carbocycles. The molecular weight excluding hydrogens is 344 g/mol. The van der Waals surface area contributed by atoms with Crippen LogP contribution in [-0.2, 0) is 11.3 Å². The average molecular weight is 363 g/mol. The largest absolute Gasteiger partial charge is 0.368 e. The lowest BCUT2D eigenvalue weighted by Crippen LogP contribution is -2.47. The van der Waals surface area contributed by atoms with Crippen LogP contribution < -0.4 is 26.6 Å². The van der Waals surface area contributed by atoms with E-state index < -0.39 is 5.91 Å². The summed E-state index contributed by atoms with van der Waals surface area (Å²) in [6.07, 6.45) is 0. The molecular formula is C16H19ClN6O2. The van der Waals surface area contributed by atoms with Crippen LogP contribution >= 0.6 is 11.6 Å². The molecule has 1 saturated heterocycles. The van der Waals surface area contributed by atoms with Gasteiger partial charge in [0.1, 0.15) is 12.4 Å². The van der Waals surface area contributed by atoms with Gasteiger partial charge in [-0.05, 0) is 30.3 Å². The Balaban J connectivity index is 1.68. The average Bonchev–Trinajstić information content (AvgIpc) is 2.64. The molecule has 1 aliphatic heterocycles. The number of nitrogens with one attached hydrogen (secondary N) is 1. The van der Waals surface area contributed by atoms with Crippen molar-refractivity contribution < 1.29 is 4.79 Å². The maximum absolute atomic E-state index is 11.8. The molecule has 1 aromatic heterocycles. The zero-order valence-corrected chi connectivity index (χ0v) is 14.3. The summed E-state index contributed by atoms with van der Waals surface area (Å²) in [7, 11) is 0. The second kappa shape index (κ2) is 7.54. The minimum absolute atomic E-state index is 0.200. The molecule has 2 aromatic rings. The Morgan fingerprint density at radius 1 is 1.08 bits per heavy atom. The van der Waals surface area contributed by atoms with E-state index in [9.17, 15) is 9.59 Å². The van der Waals surface area contributed by atoms with E-state index in [-0.39, 0.29) is 12.1 Å². The Morgan fingerprint density at radius 2 is 1.72 bits per heavy atom. The van der Waals surface area contributed by atoms with Crippen LogP contribution in [0.15, 0.2) is 41.2 Å². The van der Waals surface area contributed by atoms with E-state index in [1.807, 2.05) is 29.7 Å². The van der Waals surface area contributed by atoms with E-state index >= 15 is 0 Å². The molecule has 0 bridgehead atoms. The van der Waals surface area contributed by atoms with E-state index in [1.165, 1.54) is 6.07 Å². The van der Waals surface area contributed by atoms with Gasteiger partial charge in [-0.3, -0.25) is 15.0 Å². The summed E-state index contributed by atoms with van der Waals surface area (Å²) < 4.78 is 1.11. The van der Waals surface area contributed by atoms with Gasteiger partial charge in [-0.15, -0.1) is 0 Å². The van der Waals surface area contributed by atoms with Crippen LogP contribution in [0, 0.1) is 0 Å². The Hall–Kier alpha value is -2.58. The van der Waals surface area contributed by atoms with E-state index in [0.29, 0.717) is 5.82 Å². The number of rotatable bonds is 4. The number of aromatic nitrogens is 2. The standard InChI is InChI=1S/C16H19ClN6O2/c17-12-1-3-13(4-2-12)21-7-9-22(10-8-21)14-5-6-16(25)23(20-14)11-15(24)19-18/h1-6H,7-11,18H2,(H,19,24). The highest BCUT2D eigenvalue weighted by Gasteiger charge is 2.19. The summed E-state index contributed by atoms with van der Waals surface area (Å²) in [4.78, 5) is 27.5. The first-order valence-corrected chi connectivity index (χ1v) is 8.28. The number of carbonyl (C=O) groups excluding carboxylic acids is 1. The van der Waals surface area contributed by atoms with E-state index in [1.54, 1.807) is 6.07 Å². The molecule has 8 nitrogen and oxygen atoms in total. The summed E-state index contributed by atoms with van der Waals surface area (Å²) >= 11 is 5.93. The van der Waals surface area contributed by atoms with E-state index in [0.717, 1.165) is 41.6 Å². The van der Waals surface area contributed by atoms with Crippen molar-refractivity contribution in [2.45, 2.75) is 6.54 Å². The molecule has 0 saturated carbocycles. The quantitative estimate of drug-likeness (QED) is 0.458. The second-order valence-corrected chi connectivity index (χ2v) is 6.14. The van der Waals surface area contributed by atoms with Gasteiger partial charge in [0.2, 0.25) is 0 Å². The fourth-order valence-electron chi connectivity index (χ4n) is 2.75. The number of piperazine rings is 1. The van der Waals surface area contributed by atoms with Crippen molar-refractivity contribution in [2.75, 3.05) is 36.0 Å². The first-order valence-electron chi connectivity index (χ1n) is 7.90. The molecule has 9 heteroatoms. The number of halogens is 1. The Labute approximate surface area is 149 Å². The second-order valence-electron chi connectivity index (χ2n) is 5.71. The van der Waals surface area contributed by atoms with Gasteiger partial charge in [0.05, 0.1) is 0 Å². The van der Waals surface area contributed by atoms with Gasteiger partial charge in [0.15, 0.2) is 0 Å². The third kappa shape index (κ3) is 4.09. The van der Waals surface area contributed by atoms with Crippen molar-refractivity contribution in [3.63, 3.8) is 0 Å². The van der Waals surface area contributed by atoms with Crippen LogP contribution in [0.25, 0.3) is 0 Å². The lowest BCUT2D eigenvalue weighted by atomic mass is 10.2.